The fourth-order valence-electron chi connectivity index (χ4n) is 2.64. The van der Waals surface area contributed by atoms with Crippen LogP contribution in [0.3, 0.4) is 0 Å². The first-order valence-corrected chi connectivity index (χ1v) is 10.5. The van der Waals surface area contributed by atoms with Crippen LogP contribution < -0.4 is 10.6 Å². The summed E-state index contributed by atoms with van der Waals surface area (Å²) in [5.74, 6) is 0. The van der Waals surface area contributed by atoms with E-state index >= 15 is 0 Å². The summed E-state index contributed by atoms with van der Waals surface area (Å²) in [6.45, 7) is 6.15. The molecule has 134 valence electrons. The van der Waals surface area contributed by atoms with Crippen LogP contribution in [0.1, 0.15) is 36.1 Å². The second kappa shape index (κ2) is 7.97. The molecule has 0 amide bonds. The van der Waals surface area contributed by atoms with Gasteiger partial charge < -0.3 is 10.6 Å². The maximum atomic E-state index is 11.6. The Morgan fingerprint density at radius 2 is 1.76 bits per heavy atom. The van der Waals surface area contributed by atoms with Crippen LogP contribution in [0.2, 0.25) is 0 Å². The molecule has 0 unspecified atom stereocenters. The third kappa shape index (κ3) is 5.28. The van der Waals surface area contributed by atoms with Crippen LogP contribution in [0.4, 0.5) is 5.69 Å². The van der Waals surface area contributed by atoms with Gasteiger partial charge in [-0.25, -0.2) is 8.42 Å². The van der Waals surface area contributed by atoms with E-state index in [1.54, 1.807) is 12.1 Å². The smallest absolute Gasteiger partial charge is 0.175 e. The summed E-state index contributed by atoms with van der Waals surface area (Å²) in [7, 11) is -3.18. The van der Waals surface area contributed by atoms with E-state index in [0.717, 1.165) is 23.2 Å². The minimum Gasteiger partial charge on any atom is -0.356 e. The first-order chi connectivity index (χ1) is 11.7. The van der Waals surface area contributed by atoms with Crippen LogP contribution in [0.15, 0.2) is 47.4 Å². The molecule has 0 aliphatic rings. The molecule has 6 heteroatoms. The normalized spacial score (nSPS) is 12.5. The van der Waals surface area contributed by atoms with Crippen molar-refractivity contribution in [1.82, 2.24) is 5.32 Å². The Hall–Kier alpha value is -1.92. The van der Waals surface area contributed by atoms with Crippen LogP contribution in [0.25, 0.3) is 0 Å². The highest BCUT2D eigenvalue weighted by Gasteiger charge is 2.13. The summed E-state index contributed by atoms with van der Waals surface area (Å²) in [4.78, 5) is 0.321. The lowest BCUT2D eigenvalue weighted by Gasteiger charge is -2.21. The summed E-state index contributed by atoms with van der Waals surface area (Å²) in [6.07, 6.45) is 2.04. The first kappa shape index (κ1) is 19.4. The molecule has 0 aromatic heterocycles. The van der Waals surface area contributed by atoms with E-state index in [1.165, 1.54) is 11.8 Å². The Balaban J connectivity index is 2.09. The zero-order chi connectivity index (χ0) is 18.6. The van der Waals surface area contributed by atoms with Crippen LogP contribution >= 0.6 is 12.2 Å². The van der Waals surface area contributed by atoms with Crippen molar-refractivity contribution in [3.05, 3.63) is 59.2 Å². The van der Waals surface area contributed by atoms with E-state index in [0.29, 0.717) is 10.0 Å². The third-order valence-corrected chi connectivity index (χ3v) is 5.40. The average Bonchev–Trinajstić information content (AvgIpc) is 2.54. The van der Waals surface area contributed by atoms with E-state index in [-0.39, 0.29) is 6.04 Å². The summed E-state index contributed by atoms with van der Waals surface area (Å²) < 4.78 is 23.1. The molecule has 2 N–H and O–H groups in total. The van der Waals surface area contributed by atoms with Gasteiger partial charge in [0.2, 0.25) is 0 Å². The van der Waals surface area contributed by atoms with Crippen molar-refractivity contribution in [2.45, 2.75) is 38.1 Å². The largest absolute Gasteiger partial charge is 0.356 e. The van der Waals surface area contributed by atoms with Gasteiger partial charge in [-0.1, -0.05) is 36.8 Å². The summed E-state index contributed by atoms with van der Waals surface area (Å²) in [5.41, 5.74) is 4.32. The fraction of sp³-hybridized carbons (Fsp3) is 0.316. The predicted octanol–water partition coefficient (Wildman–Crippen LogP) is 4.14. The minimum atomic E-state index is -3.18. The lowest BCUT2D eigenvalue weighted by atomic mass is 10.1. The summed E-state index contributed by atoms with van der Waals surface area (Å²) in [5, 5.41) is 7.08. The molecular formula is C19H24N2O2S2. The van der Waals surface area contributed by atoms with Gasteiger partial charge >= 0.3 is 0 Å². The number of hydrogen-bond acceptors (Lipinski definition) is 3. The number of hydrogen-bond donors (Lipinski definition) is 2. The lowest BCUT2D eigenvalue weighted by molar-refractivity contribution is 0.601. The van der Waals surface area contributed by atoms with Gasteiger partial charge in [-0.3, -0.25) is 0 Å². The van der Waals surface area contributed by atoms with E-state index in [4.69, 9.17) is 12.2 Å². The quantitative estimate of drug-likeness (QED) is 0.768. The first-order valence-electron chi connectivity index (χ1n) is 8.15. The van der Waals surface area contributed by atoms with Gasteiger partial charge in [0, 0.05) is 11.9 Å². The highest BCUT2D eigenvalue weighted by molar-refractivity contribution is 7.90. The zero-order valence-corrected chi connectivity index (χ0v) is 16.6. The van der Waals surface area contributed by atoms with Crippen LogP contribution in [0, 0.1) is 13.8 Å². The van der Waals surface area contributed by atoms with Gasteiger partial charge in [0.05, 0.1) is 10.9 Å². The molecule has 0 bridgehead atoms. The molecule has 0 saturated heterocycles. The molecule has 0 radical (unpaired) electrons. The molecule has 2 aromatic carbocycles. The predicted molar refractivity (Wildman–Crippen MR) is 108 cm³/mol. The summed E-state index contributed by atoms with van der Waals surface area (Å²) in [6, 6.07) is 13.1. The molecule has 4 nitrogen and oxygen atoms in total. The van der Waals surface area contributed by atoms with Gasteiger partial charge in [-0.2, -0.15) is 0 Å². The monoisotopic (exact) mass is 376 g/mol. The summed E-state index contributed by atoms with van der Waals surface area (Å²) >= 11 is 5.44. The second-order valence-electron chi connectivity index (χ2n) is 6.22. The Morgan fingerprint density at radius 3 is 2.28 bits per heavy atom. The van der Waals surface area contributed by atoms with Crippen molar-refractivity contribution in [3.63, 3.8) is 0 Å². The molecule has 1 atom stereocenters. The Kier molecular flexibility index (Phi) is 6.19. The van der Waals surface area contributed by atoms with Crippen molar-refractivity contribution < 1.29 is 8.42 Å². The van der Waals surface area contributed by atoms with E-state index in [2.05, 4.69) is 30.5 Å². The highest BCUT2D eigenvalue weighted by atomic mass is 32.2. The zero-order valence-electron chi connectivity index (χ0n) is 15.0. The third-order valence-electron chi connectivity index (χ3n) is 4.05. The Labute approximate surface area is 155 Å². The lowest BCUT2D eigenvalue weighted by Crippen LogP contribution is -2.32. The van der Waals surface area contributed by atoms with Gasteiger partial charge in [0.15, 0.2) is 14.9 Å². The Morgan fingerprint density at radius 1 is 1.12 bits per heavy atom. The molecule has 0 aliphatic carbocycles. The van der Waals surface area contributed by atoms with E-state index < -0.39 is 9.84 Å². The van der Waals surface area contributed by atoms with Crippen molar-refractivity contribution in [2.24, 2.45) is 0 Å². The number of sulfone groups is 1. The van der Waals surface area contributed by atoms with E-state index in [1.807, 2.05) is 31.2 Å². The van der Waals surface area contributed by atoms with Gasteiger partial charge in [0.25, 0.3) is 0 Å². The molecule has 25 heavy (non-hydrogen) atoms. The van der Waals surface area contributed by atoms with Crippen LogP contribution in [-0.2, 0) is 9.84 Å². The molecule has 2 rings (SSSR count). The molecule has 0 fully saturated rings. The number of aryl methyl sites for hydroxylation is 2. The maximum absolute atomic E-state index is 11.6. The van der Waals surface area contributed by atoms with Gasteiger partial charge in [0.1, 0.15) is 0 Å². The van der Waals surface area contributed by atoms with Crippen molar-refractivity contribution in [1.29, 1.82) is 0 Å². The number of rotatable bonds is 5. The molecule has 2 aromatic rings. The van der Waals surface area contributed by atoms with E-state index in [9.17, 15) is 8.42 Å². The van der Waals surface area contributed by atoms with Crippen molar-refractivity contribution in [3.8, 4) is 0 Å². The molecule has 0 heterocycles. The van der Waals surface area contributed by atoms with Crippen molar-refractivity contribution in [2.75, 3.05) is 11.6 Å². The van der Waals surface area contributed by atoms with Gasteiger partial charge in [-0.05, 0) is 61.8 Å². The molecule has 0 aliphatic heterocycles. The van der Waals surface area contributed by atoms with Crippen molar-refractivity contribution >= 4 is 32.9 Å². The van der Waals surface area contributed by atoms with Crippen LogP contribution in [0.5, 0.6) is 0 Å². The number of anilines is 1. The Bertz CT molecular complexity index is 859. The average molecular weight is 377 g/mol. The fourth-order valence-corrected chi connectivity index (χ4v) is 3.52. The van der Waals surface area contributed by atoms with Crippen LogP contribution in [-0.4, -0.2) is 19.8 Å². The number of benzene rings is 2. The standard InChI is InChI=1S/C19H24N2O2S2/c1-5-17(15-7-9-16(10-8-15)25(4,22)23)20-19(24)21-18-11-6-13(2)12-14(18)3/h6-12,17H,5H2,1-4H3,(H2,20,21,24)/t17-/m0/s1. The molecule has 0 spiro atoms. The second-order valence-corrected chi connectivity index (χ2v) is 8.64. The van der Waals surface area contributed by atoms with Gasteiger partial charge in [-0.15, -0.1) is 0 Å². The maximum Gasteiger partial charge on any atom is 0.175 e. The molecular weight excluding hydrogens is 352 g/mol. The highest BCUT2D eigenvalue weighted by Crippen LogP contribution is 2.20. The number of nitrogens with one attached hydrogen (secondary N) is 2. The molecule has 0 saturated carbocycles. The topological polar surface area (TPSA) is 58.2 Å². The number of thiocarbonyl (C=S) groups is 1. The SMILES string of the molecule is CC[C@H](NC(=S)Nc1ccc(C)cc1C)c1ccc(S(C)(=O)=O)cc1. The minimum absolute atomic E-state index is 0.0133.